The number of allylic oxidation sites excluding steroid dienone is 14. The Morgan fingerprint density at radius 3 is 1.27 bits per heavy atom. The summed E-state index contributed by atoms with van der Waals surface area (Å²) < 4.78 is 22.5. The largest absolute Gasteiger partial charge is 0.545 e. The summed E-state index contributed by atoms with van der Waals surface area (Å²) in [6.07, 6.45) is 60.9. The second-order valence-corrected chi connectivity index (χ2v) is 18.8. The fourth-order valence-electron chi connectivity index (χ4n) is 7.04. The lowest BCUT2D eigenvalue weighted by molar-refractivity contribution is -0.870. The van der Waals surface area contributed by atoms with Crippen LogP contribution in [0.15, 0.2) is 85.1 Å². The molecular formula is C58H99NO8. The molecule has 2 unspecified atom stereocenters. The molecule has 0 saturated heterocycles. The maximum atomic E-state index is 12.8. The van der Waals surface area contributed by atoms with Gasteiger partial charge in [0.1, 0.15) is 13.2 Å². The van der Waals surface area contributed by atoms with Gasteiger partial charge < -0.3 is 33.3 Å². The van der Waals surface area contributed by atoms with Crippen LogP contribution in [0.1, 0.15) is 206 Å². The van der Waals surface area contributed by atoms with Gasteiger partial charge in [0.25, 0.3) is 0 Å². The lowest BCUT2D eigenvalue weighted by Gasteiger charge is -2.26. The summed E-state index contributed by atoms with van der Waals surface area (Å²) in [5, 5.41) is 11.7. The summed E-state index contributed by atoms with van der Waals surface area (Å²) in [4.78, 5) is 36.9. The third-order valence-corrected chi connectivity index (χ3v) is 11.2. The molecule has 0 aromatic rings. The van der Waals surface area contributed by atoms with E-state index in [-0.39, 0.29) is 38.6 Å². The van der Waals surface area contributed by atoms with E-state index in [1.165, 1.54) is 89.9 Å². The third kappa shape index (κ3) is 50.2. The number of likely N-dealkylation sites (N-methyl/N-ethyl adjacent to an activating group) is 1. The summed E-state index contributed by atoms with van der Waals surface area (Å²) in [6.45, 7) is 4.57. The van der Waals surface area contributed by atoms with Crippen molar-refractivity contribution in [2.24, 2.45) is 0 Å². The Hall–Kier alpha value is -3.53. The molecule has 0 saturated carbocycles. The predicted molar refractivity (Wildman–Crippen MR) is 278 cm³/mol. The minimum atomic E-state index is -1.62. The van der Waals surface area contributed by atoms with Crippen LogP contribution in [-0.2, 0) is 33.3 Å². The first-order valence-corrected chi connectivity index (χ1v) is 26.7. The molecule has 0 bridgehead atoms. The Bertz CT molecular complexity index is 1370. The Balaban J connectivity index is 4.04. The number of hydrogen-bond donors (Lipinski definition) is 0. The zero-order chi connectivity index (χ0) is 49.2. The number of aliphatic carboxylic acids is 1. The van der Waals surface area contributed by atoms with Gasteiger partial charge in [-0.2, -0.15) is 0 Å². The summed E-state index contributed by atoms with van der Waals surface area (Å²) in [6, 6.07) is 0. The van der Waals surface area contributed by atoms with E-state index >= 15 is 0 Å². The van der Waals surface area contributed by atoms with Crippen molar-refractivity contribution in [3.8, 4) is 0 Å². The van der Waals surface area contributed by atoms with Gasteiger partial charge in [0, 0.05) is 12.8 Å². The third-order valence-electron chi connectivity index (χ3n) is 11.2. The molecule has 9 nitrogen and oxygen atoms in total. The molecule has 9 heteroatoms. The highest BCUT2D eigenvalue weighted by atomic mass is 16.7. The van der Waals surface area contributed by atoms with Gasteiger partial charge in [-0.05, 0) is 70.6 Å². The van der Waals surface area contributed by atoms with Gasteiger partial charge in [-0.15, -0.1) is 0 Å². The number of esters is 2. The van der Waals surface area contributed by atoms with Crippen molar-refractivity contribution in [2.45, 2.75) is 219 Å². The summed E-state index contributed by atoms with van der Waals surface area (Å²) in [5.41, 5.74) is 0. The Kier molecular flexibility index (Phi) is 46.3. The fraction of sp³-hybridized carbons (Fsp3) is 0.707. The van der Waals surface area contributed by atoms with Gasteiger partial charge >= 0.3 is 11.9 Å². The molecule has 0 rings (SSSR count). The molecule has 384 valence electrons. The predicted octanol–water partition coefficient (Wildman–Crippen LogP) is 13.9. The maximum Gasteiger partial charge on any atom is 0.306 e. The van der Waals surface area contributed by atoms with Crippen LogP contribution in [0.25, 0.3) is 0 Å². The first-order valence-electron chi connectivity index (χ1n) is 26.7. The first-order chi connectivity index (χ1) is 32.6. The van der Waals surface area contributed by atoms with E-state index in [1.54, 1.807) is 0 Å². The lowest BCUT2D eigenvalue weighted by Crippen LogP contribution is -2.44. The molecule has 0 aliphatic carbocycles. The minimum Gasteiger partial charge on any atom is -0.545 e. The van der Waals surface area contributed by atoms with Crippen molar-refractivity contribution >= 4 is 17.9 Å². The molecular weight excluding hydrogens is 839 g/mol. The zero-order valence-electron chi connectivity index (χ0n) is 43.5. The number of carbonyl (C=O) groups is 3. The lowest BCUT2D eigenvalue weighted by atomic mass is 10.0. The number of rotatable bonds is 48. The van der Waals surface area contributed by atoms with E-state index in [0.717, 1.165) is 83.5 Å². The average molecular weight is 938 g/mol. The van der Waals surface area contributed by atoms with Crippen molar-refractivity contribution in [3.63, 3.8) is 0 Å². The van der Waals surface area contributed by atoms with E-state index < -0.39 is 24.3 Å². The molecule has 2 atom stereocenters. The highest BCUT2D eigenvalue weighted by Gasteiger charge is 2.22. The second-order valence-electron chi connectivity index (χ2n) is 18.8. The highest BCUT2D eigenvalue weighted by Crippen LogP contribution is 2.15. The number of quaternary nitrogens is 1. The molecule has 0 aliphatic heterocycles. The van der Waals surface area contributed by atoms with Crippen molar-refractivity contribution in [3.05, 3.63) is 85.1 Å². The number of carboxylic acid groups (broad SMARTS) is 1. The number of ether oxygens (including phenoxy) is 4. The highest BCUT2D eigenvalue weighted by molar-refractivity contribution is 5.70. The molecule has 0 heterocycles. The molecule has 0 N–H and O–H groups in total. The van der Waals surface area contributed by atoms with Crippen molar-refractivity contribution in [1.82, 2.24) is 0 Å². The number of hydrogen-bond acceptors (Lipinski definition) is 8. The van der Waals surface area contributed by atoms with E-state index in [0.29, 0.717) is 17.4 Å². The molecule has 67 heavy (non-hydrogen) atoms. The quantitative estimate of drug-likeness (QED) is 0.0195. The van der Waals surface area contributed by atoms with Crippen LogP contribution in [0, 0.1) is 0 Å². The minimum absolute atomic E-state index is 0.146. The van der Waals surface area contributed by atoms with Crippen LogP contribution >= 0.6 is 0 Å². The van der Waals surface area contributed by atoms with Gasteiger partial charge in [0.05, 0.1) is 40.3 Å². The number of carbonyl (C=O) groups excluding carboxylic acids is 3. The van der Waals surface area contributed by atoms with Crippen molar-refractivity contribution < 1.29 is 42.9 Å². The van der Waals surface area contributed by atoms with Gasteiger partial charge in [-0.1, -0.05) is 208 Å². The van der Waals surface area contributed by atoms with Crippen LogP contribution in [0.2, 0.25) is 0 Å². The number of carboxylic acids is 1. The summed E-state index contributed by atoms with van der Waals surface area (Å²) in [5.74, 6) is -2.30. The van der Waals surface area contributed by atoms with Crippen LogP contribution in [0.4, 0.5) is 0 Å². The molecule has 0 aromatic carbocycles. The van der Waals surface area contributed by atoms with Crippen molar-refractivity contribution in [2.75, 3.05) is 47.5 Å². The first kappa shape index (κ1) is 63.5. The summed E-state index contributed by atoms with van der Waals surface area (Å²) in [7, 11) is 5.90. The molecule has 0 amide bonds. The van der Waals surface area contributed by atoms with E-state index in [4.69, 9.17) is 18.9 Å². The Morgan fingerprint density at radius 1 is 0.463 bits per heavy atom. The van der Waals surface area contributed by atoms with Gasteiger partial charge in [0.2, 0.25) is 0 Å². The second kappa shape index (κ2) is 48.9. The molecule has 0 aromatic heterocycles. The van der Waals surface area contributed by atoms with E-state index in [2.05, 4.69) is 98.9 Å². The Morgan fingerprint density at radius 2 is 0.851 bits per heavy atom. The zero-order valence-corrected chi connectivity index (χ0v) is 43.5. The fourth-order valence-corrected chi connectivity index (χ4v) is 7.04. The molecule has 0 fully saturated rings. The van der Waals surface area contributed by atoms with Crippen LogP contribution in [-0.4, -0.2) is 82.3 Å². The average Bonchev–Trinajstić information content (AvgIpc) is 3.29. The number of nitrogens with zero attached hydrogens (tertiary/aromatic N) is 1. The topological polar surface area (TPSA) is 111 Å². The smallest absolute Gasteiger partial charge is 0.306 e. The Labute approximate surface area is 410 Å². The molecule has 0 radical (unpaired) electrons. The monoisotopic (exact) mass is 938 g/mol. The van der Waals surface area contributed by atoms with E-state index in [1.807, 2.05) is 21.1 Å². The maximum absolute atomic E-state index is 12.8. The van der Waals surface area contributed by atoms with Crippen LogP contribution in [0.5, 0.6) is 0 Å². The van der Waals surface area contributed by atoms with Gasteiger partial charge in [0.15, 0.2) is 12.4 Å². The SMILES string of the molecule is CC/C=C\C/C=C\C/C=C\C/C=C\C/C=C\C/C=C\C/C=C\CCCCCCCCCCCCCCCC(=O)OC(COC(=O)CCCCCCCCC)COC(OCC[N+](C)(C)C)C(=O)[O-]. The van der Waals surface area contributed by atoms with Crippen LogP contribution in [0.3, 0.4) is 0 Å². The van der Waals surface area contributed by atoms with E-state index in [9.17, 15) is 19.5 Å². The van der Waals surface area contributed by atoms with Crippen molar-refractivity contribution in [1.29, 1.82) is 0 Å². The standard InChI is InChI=1S/C58H99NO8/c1-6-8-10-12-14-15-16-17-18-19-20-21-22-23-24-25-26-27-28-29-30-31-32-33-34-35-36-37-38-39-40-41-43-45-47-49-56(61)67-54(52-65-55(60)48-46-44-42-13-11-9-7-2)53-66-58(57(62)63)64-51-50-59(3,4)5/h8,10,14-15,17-18,20-21,23-24,26-27,29-30,54,58H,6-7,9,11-13,16,19,22,25,28,31-53H2,1-5H3/b10-8-,15-14-,18-17-,21-20-,24-23-,27-26-,30-29-. The normalized spacial score (nSPS) is 13.5. The van der Waals surface area contributed by atoms with Gasteiger partial charge in [-0.25, -0.2) is 0 Å². The number of unbranched alkanes of at least 4 members (excludes halogenated alkanes) is 19. The van der Waals surface area contributed by atoms with Gasteiger partial charge in [-0.3, -0.25) is 9.59 Å². The van der Waals surface area contributed by atoms with Crippen LogP contribution < -0.4 is 5.11 Å². The molecule has 0 aliphatic rings. The molecule has 0 spiro atoms. The summed E-state index contributed by atoms with van der Waals surface area (Å²) >= 11 is 0.